The van der Waals surface area contributed by atoms with Gasteiger partial charge in [0.1, 0.15) is 11.6 Å². The van der Waals surface area contributed by atoms with E-state index in [0.29, 0.717) is 23.0 Å². The number of aryl methyl sites for hydroxylation is 1. The topological polar surface area (TPSA) is 91.4 Å². The number of halogens is 1. The summed E-state index contributed by atoms with van der Waals surface area (Å²) in [6.07, 6.45) is 3.04. The smallest absolute Gasteiger partial charge is 0.323 e. The Balaban J connectivity index is 1.49. The number of nitrogens with one attached hydrogen (secondary N) is 2. The number of thiazole rings is 1. The van der Waals surface area contributed by atoms with Crippen molar-refractivity contribution in [2.45, 2.75) is 51.1 Å². The van der Waals surface area contributed by atoms with Crippen LogP contribution in [0.3, 0.4) is 0 Å². The Morgan fingerprint density at radius 3 is 2.59 bits per heavy atom. The standard InChI is InChI=1S/C20H21ClN4O3S/c1-11(25-17(27)20(24-19(25)28)9-3-4-10-20)16(26)23-18-22-15(12(2)29-18)13-5-7-14(21)8-6-13/h5-8,11H,3-4,9-10H2,1-2H3,(H,24,28)(H,22,23,26). The van der Waals surface area contributed by atoms with Crippen LogP contribution in [0.1, 0.15) is 37.5 Å². The van der Waals surface area contributed by atoms with Crippen LogP contribution in [-0.4, -0.2) is 39.3 Å². The first-order valence-corrected chi connectivity index (χ1v) is 10.7. The van der Waals surface area contributed by atoms with Crippen molar-refractivity contribution in [3.63, 3.8) is 0 Å². The van der Waals surface area contributed by atoms with Crippen molar-refractivity contribution in [3.8, 4) is 11.3 Å². The van der Waals surface area contributed by atoms with E-state index in [1.54, 1.807) is 19.1 Å². The molecule has 7 nitrogen and oxygen atoms in total. The van der Waals surface area contributed by atoms with Crippen molar-refractivity contribution in [1.82, 2.24) is 15.2 Å². The first-order valence-electron chi connectivity index (χ1n) is 9.51. The summed E-state index contributed by atoms with van der Waals surface area (Å²) in [5.74, 6) is -0.750. The molecule has 2 aliphatic rings. The van der Waals surface area contributed by atoms with Crippen LogP contribution in [0, 0.1) is 6.92 Å². The molecule has 1 atom stereocenters. The summed E-state index contributed by atoms with van der Waals surface area (Å²) in [6, 6.07) is 5.88. The third-order valence-corrected chi connectivity index (χ3v) is 6.70. The van der Waals surface area contributed by atoms with E-state index < -0.39 is 23.5 Å². The Morgan fingerprint density at radius 1 is 1.28 bits per heavy atom. The van der Waals surface area contributed by atoms with Crippen molar-refractivity contribution in [2.75, 3.05) is 5.32 Å². The summed E-state index contributed by atoms with van der Waals surface area (Å²) in [5.41, 5.74) is 0.828. The second-order valence-electron chi connectivity index (χ2n) is 7.49. The maximum Gasteiger partial charge on any atom is 0.325 e. The SMILES string of the molecule is Cc1sc(NC(=O)C(C)N2C(=O)NC3(CCCC3)C2=O)nc1-c1ccc(Cl)cc1. The van der Waals surface area contributed by atoms with E-state index in [2.05, 4.69) is 15.6 Å². The second kappa shape index (κ2) is 7.42. The molecular weight excluding hydrogens is 412 g/mol. The van der Waals surface area contributed by atoms with E-state index in [0.717, 1.165) is 33.9 Å². The van der Waals surface area contributed by atoms with Gasteiger partial charge in [-0.3, -0.25) is 9.59 Å². The molecule has 2 N–H and O–H groups in total. The van der Waals surface area contributed by atoms with Gasteiger partial charge in [-0.2, -0.15) is 0 Å². The van der Waals surface area contributed by atoms with Crippen LogP contribution in [0.15, 0.2) is 24.3 Å². The number of urea groups is 1. The zero-order valence-electron chi connectivity index (χ0n) is 16.1. The van der Waals surface area contributed by atoms with Gasteiger partial charge in [-0.15, -0.1) is 11.3 Å². The molecular formula is C20H21ClN4O3S. The highest BCUT2D eigenvalue weighted by molar-refractivity contribution is 7.16. The molecule has 4 amide bonds. The zero-order chi connectivity index (χ0) is 20.8. The lowest BCUT2D eigenvalue weighted by Crippen LogP contribution is -2.48. The summed E-state index contributed by atoms with van der Waals surface area (Å²) >= 11 is 7.28. The Hall–Kier alpha value is -2.45. The number of anilines is 1. The van der Waals surface area contributed by atoms with Gasteiger partial charge < -0.3 is 10.6 Å². The highest BCUT2D eigenvalue weighted by Gasteiger charge is 2.54. The first-order chi connectivity index (χ1) is 13.8. The molecule has 1 unspecified atom stereocenters. The molecule has 0 bridgehead atoms. The summed E-state index contributed by atoms with van der Waals surface area (Å²) < 4.78 is 0. The van der Waals surface area contributed by atoms with Crippen LogP contribution in [-0.2, 0) is 9.59 Å². The normalized spacial score (nSPS) is 18.9. The van der Waals surface area contributed by atoms with Crippen LogP contribution in [0.4, 0.5) is 9.93 Å². The van der Waals surface area contributed by atoms with Crippen LogP contribution < -0.4 is 10.6 Å². The van der Waals surface area contributed by atoms with Gasteiger partial charge in [0.05, 0.1) is 5.69 Å². The third-order valence-electron chi connectivity index (χ3n) is 5.56. The van der Waals surface area contributed by atoms with Crippen molar-refractivity contribution in [2.24, 2.45) is 0 Å². The van der Waals surface area contributed by atoms with Gasteiger partial charge in [-0.05, 0) is 38.8 Å². The van der Waals surface area contributed by atoms with Gasteiger partial charge in [0.25, 0.3) is 5.91 Å². The number of amides is 4. The van der Waals surface area contributed by atoms with E-state index in [1.807, 2.05) is 19.1 Å². The number of benzene rings is 1. The number of nitrogens with zero attached hydrogens (tertiary/aromatic N) is 2. The lowest BCUT2D eigenvalue weighted by atomic mass is 9.97. The monoisotopic (exact) mass is 432 g/mol. The molecule has 0 radical (unpaired) electrons. The minimum Gasteiger partial charge on any atom is -0.323 e. The molecule has 4 rings (SSSR count). The summed E-state index contributed by atoms with van der Waals surface area (Å²) in [6.45, 7) is 3.48. The summed E-state index contributed by atoms with van der Waals surface area (Å²) in [5, 5.41) is 6.61. The number of hydrogen-bond donors (Lipinski definition) is 2. The molecule has 1 aromatic carbocycles. The lowest BCUT2D eigenvalue weighted by Gasteiger charge is -2.23. The van der Waals surface area contributed by atoms with Crippen LogP contribution >= 0.6 is 22.9 Å². The van der Waals surface area contributed by atoms with Gasteiger partial charge >= 0.3 is 6.03 Å². The largest absolute Gasteiger partial charge is 0.325 e. The molecule has 2 fully saturated rings. The maximum absolute atomic E-state index is 12.8. The fraction of sp³-hybridized carbons (Fsp3) is 0.400. The minimum absolute atomic E-state index is 0.306. The van der Waals surface area contributed by atoms with E-state index in [-0.39, 0.29) is 5.91 Å². The molecule has 152 valence electrons. The summed E-state index contributed by atoms with van der Waals surface area (Å²) in [7, 11) is 0. The number of hydrogen-bond acceptors (Lipinski definition) is 5. The third kappa shape index (κ3) is 3.51. The quantitative estimate of drug-likeness (QED) is 0.715. The Kier molecular flexibility index (Phi) is 5.08. The molecule has 9 heteroatoms. The number of carbonyl (C=O) groups excluding carboxylic acids is 3. The molecule has 1 aliphatic carbocycles. The molecule has 29 heavy (non-hydrogen) atoms. The fourth-order valence-electron chi connectivity index (χ4n) is 3.96. The molecule has 1 saturated carbocycles. The maximum atomic E-state index is 12.8. The second-order valence-corrected chi connectivity index (χ2v) is 9.13. The molecule has 1 aliphatic heterocycles. The number of rotatable bonds is 4. The number of aromatic nitrogens is 1. The predicted octanol–water partition coefficient (Wildman–Crippen LogP) is 3.96. The molecule has 1 saturated heterocycles. The Labute approximate surface area is 177 Å². The minimum atomic E-state index is -0.925. The van der Waals surface area contributed by atoms with Gasteiger partial charge in [0, 0.05) is 15.5 Å². The van der Waals surface area contributed by atoms with Gasteiger partial charge in [-0.1, -0.05) is 36.6 Å². The van der Waals surface area contributed by atoms with Crippen molar-refractivity contribution in [1.29, 1.82) is 0 Å². The van der Waals surface area contributed by atoms with Crippen LogP contribution in [0.25, 0.3) is 11.3 Å². The van der Waals surface area contributed by atoms with Crippen LogP contribution in [0.2, 0.25) is 5.02 Å². The Morgan fingerprint density at radius 2 is 1.93 bits per heavy atom. The molecule has 2 heterocycles. The molecule has 1 spiro atoms. The number of carbonyl (C=O) groups is 3. The predicted molar refractivity (Wildman–Crippen MR) is 112 cm³/mol. The average molecular weight is 433 g/mol. The van der Waals surface area contributed by atoms with Gasteiger partial charge in [0.15, 0.2) is 5.13 Å². The average Bonchev–Trinajstić information content (AvgIpc) is 3.35. The Bertz CT molecular complexity index is 982. The highest BCUT2D eigenvalue weighted by atomic mass is 35.5. The molecule has 2 aromatic rings. The zero-order valence-corrected chi connectivity index (χ0v) is 17.7. The van der Waals surface area contributed by atoms with Crippen molar-refractivity contribution >= 4 is 45.9 Å². The van der Waals surface area contributed by atoms with E-state index in [9.17, 15) is 14.4 Å². The van der Waals surface area contributed by atoms with Gasteiger partial charge in [-0.25, -0.2) is 14.7 Å². The van der Waals surface area contributed by atoms with Crippen molar-refractivity contribution in [3.05, 3.63) is 34.2 Å². The molecule has 1 aromatic heterocycles. The van der Waals surface area contributed by atoms with E-state index in [1.165, 1.54) is 11.3 Å². The first kappa shape index (κ1) is 19.8. The van der Waals surface area contributed by atoms with E-state index >= 15 is 0 Å². The number of imide groups is 1. The fourth-order valence-corrected chi connectivity index (χ4v) is 4.93. The van der Waals surface area contributed by atoms with Crippen LogP contribution in [0.5, 0.6) is 0 Å². The summed E-state index contributed by atoms with van der Waals surface area (Å²) in [4.78, 5) is 44.5. The van der Waals surface area contributed by atoms with Crippen molar-refractivity contribution < 1.29 is 14.4 Å². The van der Waals surface area contributed by atoms with E-state index in [4.69, 9.17) is 11.6 Å². The highest BCUT2D eigenvalue weighted by Crippen LogP contribution is 2.36. The lowest BCUT2D eigenvalue weighted by molar-refractivity contribution is -0.136. The van der Waals surface area contributed by atoms with Gasteiger partial charge in [0.2, 0.25) is 5.91 Å².